The van der Waals surface area contributed by atoms with Crippen molar-refractivity contribution < 1.29 is 4.79 Å². The number of nitrogens with zero attached hydrogens (tertiary/aromatic N) is 6. The van der Waals surface area contributed by atoms with E-state index in [2.05, 4.69) is 20.0 Å². The highest BCUT2D eigenvalue weighted by Crippen LogP contribution is 2.25. The zero-order chi connectivity index (χ0) is 14.8. The monoisotopic (exact) mass is 287 g/mol. The van der Waals surface area contributed by atoms with E-state index in [-0.39, 0.29) is 5.91 Å². The first kappa shape index (κ1) is 13.3. The van der Waals surface area contributed by atoms with Crippen molar-refractivity contribution in [1.29, 1.82) is 0 Å². The molecule has 2 N–H and O–H groups in total. The molecule has 1 saturated heterocycles. The summed E-state index contributed by atoms with van der Waals surface area (Å²) >= 11 is 0. The molecule has 0 spiro atoms. The van der Waals surface area contributed by atoms with E-state index < -0.39 is 0 Å². The summed E-state index contributed by atoms with van der Waals surface area (Å²) in [7, 11) is 0. The van der Waals surface area contributed by atoms with Crippen LogP contribution in [0.3, 0.4) is 0 Å². The molecule has 0 bridgehead atoms. The summed E-state index contributed by atoms with van der Waals surface area (Å²) in [5.74, 6) is 1.36. The van der Waals surface area contributed by atoms with Crippen molar-refractivity contribution >= 4 is 17.4 Å². The van der Waals surface area contributed by atoms with Crippen molar-refractivity contribution in [3.05, 3.63) is 24.8 Å². The van der Waals surface area contributed by atoms with Gasteiger partial charge in [0.05, 0.1) is 0 Å². The van der Waals surface area contributed by atoms with Gasteiger partial charge < -0.3 is 15.5 Å². The molecular formula is C13H17N7O. The van der Waals surface area contributed by atoms with Gasteiger partial charge in [0.15, 0.2) is 11.6 Å². The number of nitrogens with two attached hydrogens (primary N) is 1. The van der Waals surface area contributed by atoms with Crippen LogP contribution in [0.5, 0.6) is 0 Å². The number of hydrogen-bond donors (Lipinski definition) is 1. The molecule has 1 aliphatic rings. The van der Waals surface area contributed by atoms with E-state index in [1.807, 2.05) is 11.0 Å². The van der Waals surface area contributed by atoms with E-state index in [0.29, 0.717) is 43.5 Å². The molecular weight excluding hydrogens is 270 g/mol. The molecule has 110 valence electrons. The first-order valence-corrected chi connectivity index (χ1v) is 6.78. The summed E-state index contributed by atoms with van der Waals surface area (Å²) in [5, 5.41) is 4.14. The van der Waals surface area contributed by atoms with Crippen LogP contribution in [0.1, 0.15) is 6.92 Å². The van der Waals surface area contributed by atoms with Gasteiger partial charge in [0.2, 0.25) is 5.91 Å². The van der Waals surface area contributed by atoms with Gasteiger partial charge in [-0.05, 0) is 6.07 Å². The fourth-order valence-corrected chi connectivity index (χ4v) is 2.44. The zero-order valence-corrected chi connectivity index (χ0v) is 11.8. The van der Waals surface area contributed by atoms with Crippen molar-refractivity contribution in [3.8, 4) is 5.82 Å². The van der Waals surface area contributed by atoms with Crippen molar-refractivity contribution in [2.45, 2.75) is 6.92 Å². The van der Waals surface area contributed by atoms with Gasteiger partial charge in [-0.25, -0.2) is 14.6 Å². The number of aromatic nitrogens is 4. The van der Waals surface area contributed by atoms with E-state index in [0.717, 1.165) is 0 Å². The molecule has 2 aromatic rings. The molecule has 1 fully saturated rings. The predicted octanol–water partition coefficient (Wildman–Crippen LogP) is -0.0870. The summed E-state index contributed by atoms with van der Waals surface area (Å²) in [4.78, 5) is 23.7. The second-order valence-electron chi connectivity index (χ2n) is 4.88. The van der Waals surface area contributed by atoms with Crippen LogP contribution in [0.4, 0.5) is 11.5 Å². The third kappa shape index (κ3) is 2.51. The maximum absolute atomic E-state index is 11.4. The van der Waals surface area contributed by atoms with Gasteiger partial charge in [0, 0.05) is 45.5 Å². The van der Waals surface area contributed by atoms with Gasteiger partial charge in [-0.2, -0.15) is 5.10 Å². The molecule has 0 atom stereocenters. The Morgan fingerprint density at radius 1 is 1.19 bits per heavy atom. The highest BCUT2D eigenvalue weighted by Gasteiger charge is 2.22. The fraction of sp³-hybridized carbons (Fsp3) is 0.385. The lowest BCUT2D eigenvalue weighted by Crippen LogP contribution is -2.48. The Hall–Kier alpha value is -2.64. The summed E-state index contributed by atoms with van der Waals surface area (Å²) in [6.07, 6.45) is 4.95. The minimum Gasteiger partial charge on any atom is -0.393 e. The third-order valence-electron chi connectivity index (χ3n) is 3.59. The maximum Gasteiger partial charge on any atom is 0.219 e. The van der Waals surface area contributed by atoms with Crippen LogP contribution >= 0.6 is 0 Å². The molecule has 2 aromatic heterocycles. The molecule has 21 heavy (non-hydrogen) atoms. The average molecular weight is 287 g/mol. The summed E-state index contributed by atoms with van der Waals surface area (Å²) in [6.45, 7) is 4.36. The van der Waals surface area contributed by atoms with E-state index in [1.54, 1.807) is 24.0 Å². The van der Waals surface area contributed by atoms with Crippen LogP contribution in [0, 0.1) is 0 Å². The van der Waals surface area contributed by atoms with E-state index in [4.69, 9.17) is 5.73 Å². The van der Waals surface area contributed by atoms with Crippen LogP contribution in [0.2, 0.25) is 0 Å². The largest absolute Gasteiger partial charge is 0.393 e. The Kier molecular flexibility index (Phi) is 3.43. The van der Waals surface area contributed by atoms with Crippen molar-refractivity contribution in [1.82, 2.24) is 24.6 Å². The molecule has 0 aliphatic carbocycles. The summed E-state index contributed by atoms with van der Waals surface area (Å²) in [6, 6.07) is 1.81. The van der Waals surface area contributed by atoms with Gasteiger partial charge in [-0.3, -0.25) is 4.79 Å². The number of carbonyl (C=O) groups excluding carboxylic acids is 1. The molecule has 8 nitrogen and oxygen atoms in total. The van der Waals surface area contributed by atoms with Crippen LogP contribution in [-0.2, 0) is 4.79 Å². The normalized spacial score (nSPS) is 15.3. The van der Waals surface area contributed by atoms with Gasteiger partial charge >= 0.3 is 0 Å². The molecule has 1 amide bonds. The van der Waals surface area contributed by atoms with E-state index in [9.17, 15) is 4.79 Å². The lowest BCUT2D eigenvalue weighted by Gasteiger charge is -2.35. The number of amides is 1. The molecule has 0 aromatic carbocycles. The molecule has 8 heteroatoms. The average Bonchev–Trinajstić information content (AvgIpc) is 3.02. The number of nitrogen functional groups attached to an aromatic ring is 1. The molecule has 3 rings (SSSR count). The van der Waals surface area contributed by atoms with Gasteiger partial charge in [-0.1, -0.05) is 0 Å². The number of rotatable bonds is 2. The molecule has 0 saturated carbocycles. The predicted molar refractivity (Wildman–Crippen MR) is 78.0 cm³/mol. The minimum absolute atomic E-state index is 0.0996. The highest BCUT2D eigenvalue weighted by atomic mass is 16.2. The highest BCUT2D eigenvalue weighted by molar-refractivity contribution is 5.74. The minimum atomic E-state index is 0.0996. The fourth-order valence-electron chi connectivity index (χ4n) is 2.44. The van der Waals surface area contributed by atoms with E-state index >= 15 is 0 Å². The smallest absolute Gasteiger partial charge is 0.219 e. The number of carbonyl (C=O) groups is 1. The van der Waals surface area contributed by atoms with Crippen molar-refractivity contribution in [2.24, 2.45) is 0 Å². The Bertz CT molecular complexity index is 632. The second kappa shape index (κ2) is 5.39. The van der Waals surface area contributed by atoms with Crippen LogP contribution < -0.4 is 10.6 Å². The maximum atomic E-state index is 11.4. The molecule has 3 heterocycles. The van der Waals surface area contributed by atoms with Crippen LogP contribution in [0.25, 0.3) is 5.82 Å². The topological polar surface area (TPSA) is 93.2 Å². The first-order valence-electron chi connectivity index (χ1n) is 6.78. The SMILES string of the molecule is CC(=O)N1CCN(c2ncnc(-n3cccn3)c2N)CC1. The van der Waals surface area contributed by atoms with Crippen LogP contribution in [-0.4, -0.2) is 56.7 Å². The second-order valence-corrected chi connectivity index (χ2v) is 4.88. The molecule has 0 unspecified atom stereocenters. The zero-order valence-electron chi connectivity index (χ0n) is 11.8. The molecule has 0 radical (unpaired) electrons. The van der Waals surface area contributed by atoms with Gasteiger partial charge in [-0.15, -0.1) is 0 Å². The van der Waals surface area contributed by atoms with Crippen LogP contribution in [0.15, 0.2) is 24.8 Å². The first-order chi connectivity index (χ1) is 10.2. The Balaban J connectivity index is 1.84. The Labute approximate surface area is 122 Å². The number of piperazine rings is 1. The van der Waals surface area contributed by atoms with Crippen molar-refractivity contribution in [2.75, 3.05) is 36.8 Å². The lowest BCUT2D eigenvalue weighted by atomic mass is 10.3. The standard InChI is InChI=1S/C13H17N7O/c1-10(21)18-5-7-19(8-6-18)12-11(14)13(16-9-15-12)20-4-2-3-17-20/h2-4,9H,5-8,14H2,1H3. The van der Waals surface area contributed by atoms with E-state index in [1.165, 1.54) is 6.33 Å². The Morgan fingerprint density at radius 3 is 2.52 bits per heavy atom. The number of hydrogen-bond acceptors (Lipinski definition) is 6. The van der Waals surface area contributed by atoms with Crippen molar-refractivity contribution in [3.63, 3.8) is 0 Å². The summed E-state index contributed by atoms with van der Waals surface area (Å²) < 4.78 is 1.62. The third-order valence-corrected chi connectivity index (χ3v) is 3.59. The van der Waals surface area contributed by atoms with Gasteiger partial charge in [0.1, 0.15) is 12.0 Å². The summed E-state index contributed by atoms with van der Waals surface area (Å²) in [5.41, 5.74) is 6.69. The molecule has 1 aliphatic heterocycles. The number of anilines is 2. The quantitative estimate of drug-likeness (QED) is 0.830. The van der Waals surface area contributed by atoms with Gasteiger partial charge in [0.25, 0.3) is 0 Å². The lowest BCUT2D eigenvalue weighted by molar-refractivity contribution is -0.129. The Morgan fingerprint density at radius 2 is 1.90 bits per heavy atom.